The van der Waals surface area contributed by atoms with Crippen LogP contribution >= 0.6 is 11.6 Å². The van der Waals surface area contributed by atoms with Crippen LogP contribution in [0, 0.1) is 11.7 Å². The SMILES string of the molecule is O=C(Nc1ccccc1O)C1CCN(C2CC(=O)N(c3ccc(F)c(Cl)c3)C2=O)CC1. The molecule has 0 radical (unpaired) electrons. The molecule has 162 valence electrons. The third-order valence-electron chi connectivity index (χ3n) is 5.79. The maximum atomic E-state index is 13.4. The van der Waals surface area contributed by atoms with E-state index in [4.69, 9.17) is 11.6 Å². The molecule has 1 atom stereocenters. The summed E-state index contributed by atoms with van der Waals surface area (Å²) in [6.45, 7) is 0.973. The summed E-state index contributed by atoms with van der Waals surface area (Å²) in [4.78, 5) is 40.9. The molecule has 2 aromatic rings. The van der Waals surface area contributed by atoms with E-state index in [0.717, 1.165) is 11.0 Å². The zero-order valence-electron chi connectivity index (χ0n) is 16.6. The summed E-state index contributed by atoms with van der Waals surface area (Å²) in [7, 11) is 0. The second kappa shape index (κ2) is 8.64. The highest BCUT2D eigenvalue weighted by Gasteiger charge is 2.44. The number of aromatic hydroxyl groups is 1. The molecule has 2 aromatic carbocycles. The molecular weight excluding hydrogens is 425 g/mol. The molecule has 2 fully saturated rings. The van der Waals surface area contributed by atoms with Crippen molar-refractivity contribution in [1.82, 2.24) is 4.90 Å². The van der Waals surface area contributed by atoms with Gasteiger partial charge in [-0.05, 0) is 56.3 Å². The van der Waals surface area contributed by atoms with E-state index in [1.165, 1.54) is 18.2 Å². The quantitative estimate of drug-likeness (QED) is 0.557. The largest absolute Gasteiger partial charge is 0.506 e. The van der Waals surface area contributed by atoms with Gasteiger partial charge in [-0.25, -0.2) is 9.29 Å². The maximum absolute atomic E-state index is 13.4. The molecular formula is C22H21ClFN3O4. The molecule has 0 aliphatic carbocycles. The molecule has 3 amide bonds. The molecule has 7 nitrogen and oxygen atoms in total. The summed E-state index contributed by atoms with van der Waals surface area (Å²) in [6, 6.07) is 9.66. The topological polar surface area (TPSA) is 89.9 Å². The van der Waals surface area contributed by atoms with Crippen LogP contribution in [0.2, 0.25) is 5.02 Å². The van der Waals surface area contributed by atoms with Gasteiger partial charge in [-0.3, -0.25) is 19.3 Å². The minimum Gasteiger partial charge on any atom is -0.506 e. The van der Waals surface area contributed by atoms with E-state index in [9.17, 15) is 23.9 Å². The number of nitrogens with one attached hydrogen (secondary N) is 1. The third kappa shape index (κ3) is 4.26. The Morgan fingerprint density at radius 3 is 2.52 bits per heavy atom. The number of nitrogens with zero attached hydrogens (tertiary/aromatic N) is 2. The number of carbonyl (C=O) groups excluding carboxylic acids is 3. The van der Waals surface area contributed by atoms with Crippen LogP contribution in [0.5, 0.6) is 5.75 Å². The lowest BCUT2D eigenvalue weighted by molar-refractivity contribution is -0.123. The molecule has 0 aromatic heterocycles. The molecule has 2 aliphatic rings. The molecule has 0 saturated carbocycles. The van der Waals surface area contributed by atoms with E-state index in [-0.39, 0.29) is 46.5 Å². The van der Waals surface area contributed by atoms with Crippen LogP contribution in [0.25, 0.3) is 0 Å². The van der Waals surface area contributed by atoms with E-state index in [1.807, 2.05) is 4.90 Å². The number of phenols is 1. The number of likely N-dealkylation sites (tertiary alicyclic amines) is 1. The van der Waals surface area contributed by atoms with Crippen LogP contribution in [0.1, 0.15) is 19.3 Å². The van der Waals surface area contributed by atoms with Crippen molar-refractivity contribution in [2.24, 2.45) is 5.92 Å². The normalized spacial score (nSPS) is 20.3. The predicted molar refractivity (Wildman–Crippen MR) is 113 cm³/mol. The van der Waals surface area contributed by atoms with E-state index in [1.54, 1.807) is 18.2 Å². The number of amides is 3. The molecule has 0 spiro atoms. The summed E-state index contributed by atoms with van der Waals surface area (Å²) in [5.74, 6) is -1.79. The fourth-order valence-corrected chi connectivity index (χ4v) is 4.26. The van der Waals surface area contributed by atoms with Gasteiger partial charge in [-0.15, -0.1) is 0 Å². The van der Waals surface area contributed by atoms with Gasteiger partial charge in [0.2, 0.25) is 11.8 Å². The molecule has 1 unspecified atom stereocenters. The lowest BCUT2D eigenvalue weighted by Crippen LogP contribution is -2.47. The van der Waals surface area contributed by atoms with E-state index in [0.29, 0.717) is 31.6 Å². The lowest BCUT2D eigenvalue weighted by Gasteiger charge is -2.34. The van der Waals surface area contributed by atoms with E-state index in [2.05, 4.69) is 5.32 Å². The van der Waals surface area contributed by atoms with Crippen LogP contribution < -0.4 is 10.2 Å². The summed E-state index contributed by atoms with van der Waals surface area (Å²) < 4.78 is 13.4. The predicted octanol–water partition coefficient (Wildman–Crippen LogP) is 3.17. The fraction of sp³-hybridized carbons (Fsp3) is 0.318. The fourth-order valence-electron chi connectivity index (χ4n) is 4.08. The van der Waals surface area contributed by atoms with Crippen molar-refractivity contribution in [3.05, 3.63) is 53.3 Å². The van der Waals surface area contributed by atoms with Crippen LogP contribution in [0.3, 0.4) is 0 Å². The van der Waals surface area contributed by atoms with E-state index < -0.39 is 11.9 Å². The number of hydrogen-bond donors (Lipinski definition) is 2. The van der Waals surface area contributed by atoms with Crippen molar-refractivity contribution in [3.8, 4) is 5.75 Å². The van der Waals surface area contributed by atoms with Gasteiger partial charge in [0, 0.05) is 5.92 Å². The smallest absolute Gasteiger partial charge is 0.251 e. The van der Waals surface area contributed by atoms with Crippen molar-refractivity contribution in [2.45, 2.75) is 25.3 Å². The minimum atomic E-state index is -0.620. The number of benzene rings is 2. The number of carbonyl (C=O) groups is 3. The number of anilines is 2. The molecule has 0 bridgehead atoms. The Morgan fingerprint density at radius 2 is 1.84 bits per heavy atom. The van der Waals surface area contributed by atoms with Crippen molar-refractivity contribution >= 4 is 40.7 Å². The monoisotopic (exact) mass is 445 g/mol. The van der Waals surface area contributed by atoms with Crippen molar-refractivity contribution in [1.29, 1.82) is 0 Å². The summed E-state index contributed by atoms with van der Waals surface area (Å²) in [5, 5.41) is 12.4. The Hall–Kier alpha value is -2.97. The van der Waals surface area contributed by atoms with Gasteiger partial charge in [-0.2, -0.15) is 0 Å². The first-order chi connectivity index (χ1) is 14.8. The summed E-state index contributed by atoms with van der Waals surface area (Å²) in [5.41, 5.74) is 0.612. The van der Waals surface area contributed by atoms with Crippen molar-refractivity contribution in [3.63, 3.8) is 0 Å². The van der Waals surface area contributed by atoms with Gasteiger partial charge in [0.1, 0.15) is 11.6 Å². The highest BCUT2D eigenvalue weighted by atomic mass is 35.5. The molecule has 2 heterocycles. The number of imide groups is 1. The van der Waals surface area contributed by atoms with Gasteiger partial charge >= 0.3 is 0 Å². The van der Waals surface area contributed by atoms with Crippen LogP contribution in [-0.2, 0) is 14.4 Å². The lowest BCUT2D eigenvalue weighted by atomic mass is 9.94. The molecule has 2 N–H and O–H groups in total. The molecule has 2 aliphatic heterocycles. The van der Waals surface area contributed by atoms with Gasteiger partial charge in [0.25, 0.3) is 5.91 Å². The second-order valence-electron chi connectivity index (χ2n) is 7.70. The van der Waals surface area contributed by atoms with Crippen LogP contribution in [-0.4, -0.2) is 46.9 Å². The average molecular weight is 446 g/mol. The zero-order valence-corrected chi connectivity index (χ0v) is 17.3. The molecule has 2 saturated heterocycles. The Kier molecular flexibility index (Phi) is 5.93. The van der Waals surface area contributed by atoms with Crippen LogP contribution in [0.15, 0.2) is 42.5 Å². The average Bonchev–Trinajstić information content (AvgIpc) is 3.06. The first kappa shape index (κ1) is 21.3. The minimum absolute atomic E-state index is 0.00402. The Labute approximate surface area is 183 Å². The first-order valence-corrected chi connectivity index (χ1v) is 10.4. The summed E-state index contributed by atoms with van der Waals surface area (Å²) >= 11 is 5.80. The van der Waals surface area contributed by atoms with Crippen LogP contribution in [0.4, 0.5) is 15.8 Å². The Morgan fingerprint density at radius 1 is 1.13 bits per heavy atom. The molecule has 31 heavy (non-hydrogen) atoms. The van der Waals surface area contributed by atoms with E-state index >= 15 is 0 Å². The number of para-hydroxylation sites is 2. The van der Waals surface area contributed by atoms with Gasteiger partial charge < -0.3 is 10.4 Å². The maximum Gasteiger partial charge on any atom is 0.251 e. The van der Waals surface area contributed by atoms with Crippen molar-refractivity contribution < 1.29 is 23.9 Å². The highest BCUT2D eigenvalue weighted by molar-refractivity contribution is 6.31. The molecule has 4 rings (SSSR count). The van der Waals surface area contributed by atoms with Gasteiger partial charge in [0.15, 0.2) is 0 Å². The van der Waals surface area contributed by atoms with Gasteiger partial charge in [-0.1, -0.05) is 23.7 Å². The summed E-state index contributed by atoms with van der Waals surface area (Å²) in [6.07, 6.45) is 1.09. The van der Waals surface area contributed by atoms with Crippen molar-refractivity contribution in [2.75, 3.05) is 23.3 Å². The number of halogens is 2. The number of piperidine rings is 1. The zero-order chi connectivity index (χ0) is 22.1. The number of phenolic OH excluding ortho intramolecular Hbond substituents is 1. The molecule has 9 heteroatoms. The second-order valence-corrected chi connectivity index (χ2v) is 8.11. The number of hydrogen-bond acceptors (Lipinski definition) is 5. The van der Waals surface area contributed by atoms with Gasteiger partial charge in [0.05, 0.1) is 28.9 Å². The standard InChI is InChI=1S/C22H21ClFN3O4/c23-15-11-14(5-6-16(15)24)27-20(29)12-18(22(27)31)26-9-7-13(8-10-26)21(30)25-17-3-1-2-4-19(17)28/h1-6,11,13,18,28H,7-10,12H2,(H,25,30). The first-order valence-electron chi connectivity index (χ1n) is 10.00. The highest BCUT2D eigenvalue weighted by Crippen LogP contribution is 2.31. The number of rotatable bonds is 4. The third-order valence-corrected chi connectivity index (χ3v) is 6.08. The Balaban J connectivity index is 1.38. The Bertz CT molecular complexity index is 1040.